The third kappa shape index (κ3) is 2.45. The number of rotatable bonds is 2. The van der Waals surface area contributed by atoms with Crippen LogP contribution in [0.3, 0.4) is 0 Å². The van der Waals surface area contributed by atoms with Crippen LogP contribution in [0.1, 0.15) is 13.8 Å². The molecule has 2 N–H and O–H groups in total. The lowest BCUT2D eigenvalue weighted by Crippen LogP contribution is -2.58. The molecule has 7 heteroatoms. The minimum Gasteiger partial charge on any atom is -0.336 e. The van der Waals surface area contributed by atoms with E-state index in [0.717, 1.165) is 6.54 Å². The summed E-state index contributed by atoms with van der Waals surface area (Å²) >= 11 is 0. The summed E-state index contributed by atoms with van der Waals surface area (Å²) in [6, 6.07) is -0.159. The van der Waals surface area contributed by atoms with Crippen molar-refractivity contribution in [3.8, 4) is 0 Å². The molecule has 0 bridgehead atoms. The molecule has 2 atom stereocenters. The minimum atomic E-state index is -0.482. The van der Waals surface area contributed by atoms with Crippen molar-refractivity contribution in [2.45, 2.75) is 25.9 Å². The molecule has 2 saturated heterocycles. The molecule has 100 valence electrons. The van der Waals surface area contributed by atoms with E-state index >= 15 is 0 Å². The van der Waals surface area contributed by atoms with Gasteiger partial charge in [0.05, 0.1) is 0 Å². The molecule has 0 aromatic heterocycles. The molecule has 2 heterocycles. The standard InChI is InChI=1S/C11H18N4O3/c1-7-8(2)15(4-3-12-7)10(17)6-14-5-9(16)13-11(14)18/h7-8,12H,3-6H2,1-2H3,(H,13,16,18). The van der Waals surface area contributed by atoms with Gasteiger partial charge in [0.25, 0.3) is 0 Å². The van der Waals surface area contributed by atoms with Gasteiger partial charge in [-0.2, -0.15) is 0 Å². The van der Waals surface area contributed by atoms with Gasteiger partial charge in [0.15, 0.2) is 0 Å². The molecular weight excluding hydrogens is 236 g/mol. The fraction of sp³-hybridized carbons (Fsp3) is 0.727. The topological polar surface area (TPSA) is 81.8 Å². The third-order valence-electron chi connectivity index (χ3n) is 3.55. The number of piperazine rings is 1. The van der Waals surface area contributed by atoms with Crippen molar-refractivity contribution in [2.24, 2.45) is 0 Å². The van der Waals surface area contributed by atoms with Crippen LogP contribution in [0.2, 0.25) is 0 Å². The lowest BCUT2D eigenvalue weighted by atomic mass is 10.1. The Balaban J connectivity index is 1.95. The summed E-state index contributed by atoms with van der Waals surface area (Å²) in [5.74, 6) is -0.463. The van der Waals surface area contributed by atoms with Gasteiger partial charge >= 0.3 is 6.03 Å². The van der Waals surface area contributed by atoms with Crippen molar-refractivity contribution in [1.29, 1.82) is 0 Å². The van der Waals surface area contributed by atoms with Gasteiger partial charge in [0, 0.05) is 25.2 Å². The van der Waals surface area contributed by atoms with Gasteiger partial charge in [-0.3, -0.25) is 14.9 Å². The van der Waals surface area contributed by atoms with Crippen LogP contribution in [0, 0.1) is 0 Å². The molecule has 2 unspecified atom stereocenters. The molecule has 18 heavy (non-hydrogen) atoms. The van der Waals surface area contributed by atoms with Crippen LogP contribution in [-0.2, 0) is 9.59 Å². The highest BCUT2D eigenvalue weighted by Crippen LogP contribution is 2.10. The van der Waals surface area contributed by atoms with Crippen molar-refractivity contribution in [1.82, 2.24) is 20.4 Å². The number of urea groups is 1. The molecule has 0 aliphatic carbocycles. The first kappa shape index (κ1) is 12.8. The van der Waals surface area contributed by atoms with E-state index in [1.54, 1.807) is 4.90 Å². The first-order valence-electron chi connectivity index (χ1n) is 6.10. The van der Waals surface area contributed by atoms with Gasteiger partial charge in [-0.05, 0) is 13.8 Å². The largest absolute Gasteiger partial charge is 0.336 e. The van der Waals surface area contributed by atoms with Crippen LogP contribution in [0.15, 0.2) is 0 Å². The number of nitrogens with one attached hydrogen (secondary N) is 2. The number of amides is 4. The van der Waals surface area contributed by atoms with Crippen LogP contribution in [0.4, 0.5) is 4.79 Å². The zero-order valence-electron chi connectivity index (χ0n) is 10.6. The zero-order valence-corrected chi connectivity index (χ0v) is 10.6. The average Bonchev–Trinajstić information content (AvgIpc) is 2.61. The molecule has 7 nitrogen and oxygen atoms in total. The average molecular weight is 254 g/mol. The lowest BCUT2D eigenvalue weighted by Gasteiger charge is -2.39. The van der Waals surface area contributed by atoms with Gasteiger partial charge < -0.3 is 15.1 Å². The predicted octanol–water partition coefficient (Wildman–Crippen LogP) is -1.25. The normalized spacial score (nSPS) is 28.6. The van der Waals surface area contributed by atoms with Crippen LogP contribution in [0.25, 0.3) is 0 Å². The Kier molecular flexibility index (Phi) is 3.51. The van der Waals surface area contributed by atoms with Crippen molar-refractivity contribution in [3.63, 3.8) is 0 Å². The van der Waals surface area contributed by atoms with E-state index in [1.165, 1.54) is 4.90 Å². The Bertz CT molecular complexity index is 384. The second-order valence-corrected chi connectivity index (χ2v) is 4.78. The highest BCUT2D eigenvalue weighted by atomic mass is 16.2. The fourth-order valence-corrected chi connectivity index (χ4v) is 2.27. The molecule has 2 rings (SSSR count). The maximum Gasteiger partial charge on any atom is 0.325 e. The summed E-state index contributed by atoms with van der Waals surface area (Å²) in [7, 11) is 0. The van der Waals surface area contributed by atoms with Crippen LogP contribution < -0.4 is 10.6 Å². The molecule has 2 aliphatic rings. The summed E-state index contributed by atoms with van der Waals surface area (Å²) in [5, 5.41) is 5.45. The van der Waals surface area contributed by atoms with Gasteiger partial charge in [-0.1, -0.05) is 0 Å². The van der Waals surface area contributed by atoms with E-state index in [9.17, 15) is 14.4 Å². The molecule has 0 spiro atoms. The van der Waals surface area contributed by atoms with E-state index < -0.39 is 6.03 Å². The Hall–Kier alpha value is -1.63. The summed E-state index contributed by atoms with van der Waals surface area (Å²) in [5.41, 5.74) is 0. The van der Waals surface area contributed by atoms with Crippen molar-refractivity contribution in [2.75, 3.05) is 26.2 Å². The van der Waals surface area contributed by atoms with Gasteiger partial charge in [-0.25, -0.2) is 4.79 Å². The zero-order chi connectivity index (χ0) is 13.3. The lowest BCUT2D eigenvalue weighted by molar-refractivity contribution is -0.135. The van der Waals surface area contributed by atoms with E-state index in [2.05, 4.69) is 10.6 Å². The van der Waals surface area contributed by atoms with Crippen molar-refractivity contribution < 1.29 is 14.4 Å². The minimum absolute atomic E-state index is 0.0272. The van der Waals surface area contributed by atoms with Gasteiger partial charge in [0.2, 0.25) is 11.8 Å². The van der Waals surface area contributed by atoms with Crippen molar-refractivity contribution in [3.05, 3.63) is 0 Å². The maximum absolute atomic E-state index is 12.1. The van der Waals surface area contributed by atoms with Gasteiger partial charge in [0.1, 0.15) is 13.1 Å². The number of carbonyl (C=O) groups is 3. The summed E-state index contributed by atoms with van der Waals surface area (Å²) < 4.78 is 0. The fourth-order valence-electron chi connectivity index (χ4n) is 2.27. The summed E-state index contributed by atoms with van der Waals surface area (Å²) in [6.45, 7) is 5.32. The molecule has 0 saturated carbocycles. The SMILES string of the molecule is CC1NCCN(C(=O)CN2CC(=O)NC2=O)C1C. The second-order valence-electron chi connectivity index (χ2n) is 4.78. The van der Waals surface area contributed by atoms with Crippen LogP contribution in [0.5, 0.6) is 0 Å². The molecule has 2 fully saturated rings. The molecule has 4 amide bonds. The molecule has 0 aromatic rings. The first-order valence-corrected chi connectivity index (χ1v) is 6.10. The number of imide groups is 1. The maximum atomic E-state index is 12.1. The van der Waals surface area contributed by atoms with E-state index in [4.69, 9.17) is 0 Å². The first-order chi connectivity index (χ1) is 8.49. The molecule has 2 aliphatic heterocycles. The van der Waals surface area contributed by atoms with E-state index in [1.807, 2.05) is 13.8 Å². The number of nitrogens with zero attached hydrogens (tertiary/aromatic N) is 2. The Labute approximate surface area is 105 Å². The highest BCUT2D eigenvalue weighted by molar-refractivity contribution is 6.03. The molecular formula is C11H18N4O3. The summed E-state index contributed by atoms with van der Waals surface area (Å²) in [6.07, 6.45) is 0. The second kappa shape index (κ2) is 4.93. The number of carbonyl (C=O) groups excluding carboxylic acids is 3. The van der Waals surface area contributed by atoms with Crippen LogP contribution in [-0.4, -0.2) is 65.9 Å². The monoisotopic (exact) mass is 254 g/mol. The predicted molar refractivity (Wildman–Crippen MR) is 63.8 cm³/mol. The summed E-state index contributed by atoms with van der Waals surface area (Å²) in [4.78, 5) is 37.5. The van der Waals surface area contributed by atoms with Crippen LogP contribution >= 0.6 is 0 Å². The Morgan fingerprint density at radius 1 is 1.39 bits per heavy atom. The molecule has 0 aromatic carbocycles. The van der Waals surface area contributed by atoms with Crippen molar-refractivity contribution >= 4 is 17.8 Å². The molecule has 0 radical (unpaired) electrons. The number of hydrogen-bond donors (Lipinski definition) is 2. The number of hydrogen-bond acceptors (Lipinski definition) is 4. The van der Waals surface area contributed by atoms with Gasteiger partial charge in [-0.15, -0.1) is 0 Å². The Morgan fingerprint density at radius 3 is 2.72 bits per heavy atom. The third-order valence-corrected chi connectivity index (χ3v) is 3.55. The van der Waals surface area contributed by atoms with E-state index in [0.29, 0.717) is 6.54 Å². The smallest absolute Gasteiger partial charge is 0.325 e. The van der Waals surface area contributed by atoms with E-state index in [-0.39, 0.29) is 37.0 Å². The highest BCUT2D eigenvalue weighted by Gasteiger charge is 2.33. The Morgan fingerprint density at radius 2 is 2.11 bits per heavy atom. The quantitative estimate of drug-likeness (QED) is 0.603.